The number of nitro groups is 1. The maximum Gasteiger partial charge on any atom is 0.271 e. The number of hydrogen-bond donors (Lipinski definition) is 2. The van der Waals surface area contributed by atoms with Gasteiger partial charge in [0.15, 0.2) is 11.5 Å². The van der Waals surface area contributed by atoms with Crippen LogP contribution < -0.4 is 20.5 Å². The number of hydrogen-bond acceptors (Lipinski definition) is 7. The Labute approximate surface area is 162 Å². The number of rotatable bonds is 4. The van der Waals surface area contributed by atoms with Gasteiger partial charge in [-0.2, -0.15) is 5.10 Å². The zero-order valence-corrected chi connectivity index (χ0v) is 14.9. The van der Waals surface area contributed by atoms with E-state index in [1.54, 1.807) is 18.2 Å². The number of non-ortho nitro benzene ring substituents is 1. The molecule has 1 aliphatic heterocycles. The van der Waals surface area contributed by atoms with Crippen LogP contribution in [0.3, 0.4) is 0 Å². The third-order valence-electron chi connectivity index (χ3n) is 4.25. The normalized spacial score (nSPS) is 12.8. The highest BCUT2D eigenvalue weighted by molar-refractivity contribution is 5.95. The molecule has 4 rings (SSSR count). The average Bonchev–Trinajstić information content (AvgIpc) is 2.72. The first-order valence-corrected chi connectivity index (χ1v) is 8.56. The molecule has 2 N–H and O–H groups in total. The molecule has 0 unspecified atom stereocenters. The van der Waals surface area contributed by atoms with Gasteiger partial charge in [0.05, 0.1) is 22.2 Å². The molecule has 0 atom stereocenters. The number of nitrogens with zero attached hydrogens (tertiary/aromatic N) is 2. The summed E-state index contributed by atoms with van der Waals surface area (Å²) < 4.78 is 11.0. The molecule has 0 saturated carbocycles. The van der Waals surface area contributed by atoms with Crippen LogP contribution >= 0.6 is 0 Å². The first-order valence-electron chi connectivity index (χ1n) is 8.56. The monoisotopic (exact) mass is 394 g/mol. The second-order valence-corrected chi connectivity index (χ2v) is 6.14. The zero-order chi connectivity index (χ0) is 20.4. The topological polar surface area (TPSA) is 136 Å². The van der Waals surface area contributed by atoms with Crippen LogP contribution in [0.25, 0.3) is 10.9 Å². The highest BCUT2D eigenvalue weighted by atomic mass is 16.6. The van der Waals surface area contributed by atoms with Crippen LogP contribution in [0.15, 0.2) is 52.4 Å². The van der Waals surface area contributed by atoms with Crippen LogP contribution in [0.2, 0.25) is 0 Å². The third kappa shape index (κ3) is 3.76. The van der Waals surface area contributed by atoms with Crippen molar-refractivity contribution in [3.8, 4) is 11.5 Å². The Kier molecular flexibility index (Phi) is 4.65. The maximum atomic E-state index is 12.3. The molecule has 1 amide bonds. The van der Waals surface area contributed by atoms with Gasteiger partial charge >= 0.3 is 0 Å². The average molecular weight is 394 g/mol. The molecular formula is C19H14N4O6. The molecule has 1 aliphatic rings. The summed E-state index contributed by atoms with van der Waals surface area (Å²) >= 11 is 0. The van der Waals surface area contributed by atoms with E-state index in [0.29, 0.717) is 30.2 Å². The number of benzene rings is 2. The number of nitro benzene ring substituents is 1. The van der Waals surface area contributed by atoms with Gasteiger partial charge in [0, 0.05) is 29.1 Å². The van der Waals surface area contributed by atoms with Gasteiger partial charge in [-0.15, -0.1) is 0 Å². The fourth-order valence-electron chi connectivity index (χ4n) is 2.82. The smallest absolute Gasteiger partial charge is 0.271 e. The lowest BCUT2D eigenvalue weighted by molar-refractivity contribution is -0.384. The number of H-pyrrole nitrogens is 1. The molecule has 0 aliphatic carbocycles. The molecule has 0 saturated heterocycles. The van der Waals surface area contributed by atoms with Crippen LogP contribution in [-0.2, 0) is 0 Å². The van der Waals surface area contributed by atoms with Crippen molar-refractivity contribution < 1.29 is 19.2 Å². The van der Waals surface area contributed by atoms with Crippen LogP contribution in [0, 0.1) is 10.1 Å². The maximum absolute atomic E-state index is 12.3. The van der Waals surface area contributed by atoms with E-state index in [0.717, 1.165) is 5.39 Å². The fraction of sp³-hybridized carbons (Fsp3) is 0.105. The van der Waals surface area contributed by atoms with Crippen molar-refractivity contribution in [2.75, 3.05) is 13.2 Å². The summed E-state index contributed by atoms with van der Waals surface area (Å²) in [7, 11) is 0. The minimum absolute atomic E-state index is 0.121. The lowest BCUT2D eigenvalue weighted by atomic mass is 10.1. The third-order valence-corrected chi connectivity index (χ3v) is 4.25. The lowest BCUT2D eigenvalue weighted by Crippen LogP contribution is -2.19. The van der Waals surface area contributed by atoms with E-state index in [-0.39, 0.29) is 22.4 Å². The number of nitrogens with one attached hydrogen (secondary N) is 2. The second-order valence-electron chi connectivity index (χ2n) is 6.14. The molecule has 29 heavy (non-hydrogen) atoms. The highest BCUT2D eigenvalue weighted by Gasteiger charge is 2.14. The molecule has 10 nitrogen and oxygen atoms in total. The fourth-order valence-corrected chi connectivity index (χ4v) is 2.82. The SMILES string of the molecule is O=C(N/N=C/c1cc2cc3c(cc2[nH]c1=O)OCCO3)c1ccc([N+](=O)[O-])cc1. The Morgan fingerprint density at radius 1 is 1.14 bits per heavy atom. The van der Waals surface area contributed by atoms with E-state index in [1.165, 1.54) is 30.5 Å². The summed E-state index contributed by atoms with van der Waals surface area (Å²) in [5.74, 6) is 0.592. The first kappa shape index (κ1) is 18.2. The van der Waals surface area contributed by atoms with Crippen molar-refractivity contribution in [1.29, 1.82) is 0 Å². The van der Waals surface area contributed by atoms with E-state index in [2.05, 4.69) is 15.5 Å². The van der Waals surface area contributed by atoms with Crippen LogP contribution in [0.5, 0.6) is 11.5 Å². The number of ether oxygens (including phenoxy) is 2. The lowest BCUT2D eigenvalue weighted by Gasteiger charge is -2.18. The van der Waals surface area contributed by atoms with Crippen molar-refractivity contribution >= 4 is 28.7 Å². The predicted octanol–water partition coefficient (Wildman–Crippen LogP) is 1.97. The van der Waals surface area contributed by atoms with Crippen molar-refractivity contribution in [3.63, 3.8) is 0 Å². The second kappa shape index (κ2) is 7.43. The van der Waals surface area contributed by atoms with Crippen molar-refractivity contribution in [2.24, 2.45) is 5.10 Å². The van der Waals surface area contributed by atoms with Gasteiger partial charge in [0.1, 0.15) is 13.2 Å². The molecule has 3 aromatic rings. The number of fused-ring (bicyclic) bond motifs is 2. The Hall–Kier alpha value is -4.21. The first-order chi connectivity index (χ1) is 14.0. The van der Waals surface area contributed by atoms with Crippen molar-refractivity contribution in [1.82, 2.24) is 10.4 Å². The Bertz CT molecular complexity index is 1200. The number of amides is 1. The van der Waals surface area contributed by atoms with Crippen LogP contribution in [0.1, 0.15) is 15.9 Å². The van der Waals surface area contributed by atoms with Gasteiger partial charge in [-0.05, 0) is 24.3 Å². The summed E-state index contributed by atoms with van der Waals surface area (Å²) in [5.41, 5.74) is 2.80. The van der Waals surface area contributed by atoms with Crippen LogP contribution in [-0.4, -0.2) is 35.2 Å². The molecule has 146 valence electrons. The number of carbonyl (C=O) groups is 1. The molecule has 0 fully saturated rings. The van der Waals surface area contributed by atoms with E-state index in [9.17, 15) is 19.7 Å². The summed E-state index contributed by atoms with van der Waals surface area (Å²) in [6, 6.07) is 10.1. The van der Waals surface area contributed by atoms with Crippen molar-refractivity contribution in [2.45, 2.75) is 0 Å². The van der Waals surface area contributed by atoms with Gasteiger partial charge < -0.3 is 14.5 Å². The van der Waals surface area contributed by atoms with Gasteiger partial charge in [-0.1, -0.05) is 0 Å². The Morgan fingerprint density at radius 2 is 1.83 bits per heavy atom. The quantitative estimate of drug-likeness (QED) is 0.394. The number of hydrazone groups is 1. The molecule has 0 radical (unpaired) electrons. The van der Waals surface area contributed by atoms with E-state index in [4.69, 9.17) is 9.47 Å². The minimum atomic E-state index is -0.562. The van der Waals surface area contributed by atoms with Crippen LogP contribution in [0.4, 0.5) is 5.69 Å². The van der Waals surface area contributed by atoms with Gasteiger partial charge in [0.25, 0.3) is 17.2 Å². The Morgan fingerprint density at radius 3 is 2.52 bits per heavy atom. The number of aromatic amines is 1. The standard InChI is InChI=1S/C19H14N4O6/c24-18-13(7-12-8-16-17(9-15(12)21-18)29-6-5-28-16)10-20-22-19(25)11-1-3-14(4-2-11)23(26)27/h1-4,7-10H,5-6H2,(H,21,24)(H,22,25)/b20-10+. The molecule has 1 aromatic heterocycles. The Balaban J connectivity index is 1.53. The molecule has 2 aromatic carbocycles. The summed E-state index contributed by atoms with van der Waals surface area (Å²) in [4.78, 5) is 37.1. The zero-order valence-electron chi connectivity index (χ0n) is 14.9. The van der Waals surface area contributed by atoms with E-state index < -0.39 is 10.8 Å². The van der Waals surface area contributed by atoms with E-state index >= 15 is 0 Å². The summed E-state index contributed by atoms with van der Waals surface area (Å²) in [6.07, 6.45) is 1.22. The molecule has 0 spiro atoms. The van der Waals surface area contributed by atoms with Gasteiger partial charge in [-0.3, -0.25) is 19.7 Å². The highest BCUT2D eigenvalue weighted by Crippen LogP contribution is 2.33. The molecular weight excluding hydrogens is 380 g/mol. The van der Waals surface area contributed by atoms with Gasteiger partial charge in [-0.25, -0.2) is 5.43 Å². The summed E-state index contributed by atoms with van der Waals surface area (Å²) in [5, 5.41) is 15.2. The molecule has 2 heterocycles. The van der Waals surface area contributed by atoms with Crippen molar-refractivity contribution in [3.05, 3.63) is 74.1 Å². The number of pyridine rings is 1. The molecule has 0 bridgehead atoms. The number of carbonyl (C=O) groups excluding carboxylic acids is 1. The largest absolute Gasteiger partial charge is 0.486 e. The van der Waals surface area contributed by atoms with E-state index in [1.807, 2.05) is 0 Å². The number of aromatic nitrogens is 1. The molecule has 10 heteroatoms. The summed E-state index contributed by atoms with van der Waals surface area (Å²) in [6.45, 7) is 0.896. The minimum Gasteiger partial charge on any atom is -0.486 e. The van der Waals surface area contributed by atoms with Gasteiger partial charge in [0.2, 0.25) is 0 Å². The predicted molar refractivity (Wildman–Crippen MR) is 104 cm³/mol.